The van der Waals surface area contributed by atoms with E-state index in [1.807, 2.05) is 4.72 Å². The van der Waals surface area contributed by atoms with Crippen LogP contribution in [-0.4, -0.2) is 32.9 Å². The normalized spacial score (nSPS) is 12.7. The number of ether oxygens (including phenoxy) is 1. The molecule has 0 aliphatic carbocycles. The molecule has 0 aliphatic heterocycles. The summed E-state index contributed by atoms with van der Waals surface area (Å²) in [5.41, 5.74) is 3.00. The SMILES string of the molecule is C[C@H](Oc1ccc(F)cc1)C(=O)NNC(=O)CCNS(=O)(=O)c1cccc(C(F)(F)F)c1. The van der Waals surface area contributed by atoms with Gasteiger partial charge in [-0.15, -0.1) is 0 Å². The Labute approximate surface area is 181 Å². The molecule has 0 saturated heterocycles. The summed E-state index contributed by atoms with van der Waals surface area (Å²) in [5, 5.41) is 0. The molecule has 0 radical (unpaired) electrons. The number of carbonyl (C=O) groups is 2. The number of halogens is 4. The van der Waals surface area contributed by atoms with Gasteiger partial charge in [0.25, 0.3) is 5.91 Å². The first kappa shape index (κ1) is 25.1. The van der Waals surface area contributed by atoms with E-state index >= 15 is 0 Å². The van der Waals surface area contributed by atoms with Crippen LogP contribution in [-0.2, 0) is 25.8 Å². The summed E-state index contributed by atoms with van der Waals surface area (Å²) in [4.78, 5) is 23.1. The average molecular weight is 477 g/mol. The van der Waals surface area contributed by atoms with Crippen molar-refractivity contribution in [3.63, 3.8) is 0 Å². The number of sulfonamides is 1. The molecule has 174 valence electrons. The number of rotatable bonds is 8. The molecular formula is C19H19F4N3O5S. The fraction of sp³-hybridized carbons (Fsp3) is 0.263. The van der Waals surface area contributed by atoms with Crippen LogP contribution in [0.25, 0.3) is 0 Å². The summed E-state index contributed by atoms with van der Waals surface area (Å²) >= 11 is 0. The van der Waals surface area contributed by atoms with Gasteiger partial charge >= 0.3 is 6.18 Å². The number of hydrogen-bond donors (Lipinski definition) is 3. The highest BCUT2D eigenvalue weighted by Gasteiger charge is 2.31. The number of nitrogens with one attached hydrogen (secondary N) is 3. The summed E-state index contributed by atoms with van der Waals surface area (Å²) in [6.45, 7) is 0.954. The van der Waals surface area contributed by atoms with Gasteiger partial charge in [-0.3, -0.25) is 20.4 Å². The van der Waals surface area contributed by atoms with Crippen molar-refractivity contribution in [2.45, 2.75) is 30.5 Å². The first-order valence-electron chi connectivity index (χ1n) is 9.06. The van der Waals surface area contributed by atoms with Gasteiger partial charge in [-0.1, -0.05) is 6.07 Å². The summed E-state index contributed by atoms with van der Waals surface area (Å²) in [7, 11) is -4.29. The molecule has 2 aromatic rings. The second kappa shape index (κ2) is 10.4. The van der Waals surface area contributed by atoms with E-state index in [1.54, 1.807) is 0 Å². The van der Waals surface area contributed by atoms with Crippen LogP contribution >= 0.6 is 0 Å². The minimum atomic E-state index is -4.71. The lowest BCUT2D eigenvalue weighted by atomic mass is 10.2. The van der Waals surface area contributed by atoms with Crippen LogP contribution < -0.4 is 20.3 Å². The first-order chi connectivity index (χ1) is 14.9. The molecule has 2 amide bonds. The lowest BCUT2D eigenvalue weighted by molar-refractivity contribution is -0.137. The third-order valence-electron chi connectivity index (χ3n) is 3.94. The highest BCUT2D eigenvalue weighted by Crippen LogP contribution is 2.30. The van der Waals surface area contributed by atoms with Gasteiger partial charge in [0, 0.05) is 13.0 Å². The van der Waals surface area contributed by atoms with Gasteiger partial charge in [0.15, 0.2) is 6.10 Å². The zero-order valence-corrected chi connectivity index (χ0v) is 17.4. The van der Waals surface area contributed by atoms with Crippen molar-refractivity contribution in [2.24, 2.45) is 0 Å². The molecule has 0 unspecified atom stereocenters. The highest BCUT2D eigenvalue weighted by molar-refractivity contribution is 7.89. The van der Waals surface area contributed by atoms with E-state index < -0.39 is 63.4 Å². The second-order valence-corrected chi connectivity index (χ2v) is 8.19. The van der Waals surface area contributed by atoms with Crippen LogP contribution in [0.3, 0.4) is 0 Å². The van der Waals surface area contributed by atoms with Crippen LogP contribution in [0, 0.1) is 5.82 Å². The number of benzene rings is 2. The smallest absolute Gasteiger partial charge is 0.416 e. The van der Waals surface area contributed by atoms with Gasteiger partial charge in [-0.2, -0.15) is 13.2 Å². The minimum absolute atomic E-state index is 0.226. The maximum absolute atomic E-state index is 12.9. The van der Waals surface area contributed by atoms with Gasteiger partial charge in [-0.25, -0.2) is 17.5 Å². The molecular weight excluding hydrogens is 458 g/mol. The Kier molecular flexibility index (Phi) is 8.16. The Morgan fingerprint density at radius 3 is 2.34 bits per heavy atom. The maximum atomic E-state index is 12.9. The molecule has 2 rings (SSSR count). The van der Waals surface area contributed by atoms with Crippen LogP contribution in [0.5, 0.6) is 5.75 Å². The lowest BCUT2D eigenvalue weighted by Gasteiger charge is -2.15. The fourth-order valence-electron chi connectivity index (χ4n) is 2.29. The van der Waals surface area contributed by atoms with Crippen molar-refractivity contribution >= 4 is 21.8 Å². The molecule has 0 bridgehead atoms. The number of carbonyl (C=O) groups excluding carboxylic acids is 2. The van der Waals surface area contributed by atoms with Crippen LogP contribution in [0.1, 0.15) is 18.9 Å². The van der Waals surface area contributed by atoms with Crippen molar-refractivity contribution in [1.29, 1.82) is 0 Å². The minimum Gasteiger partial charge on any atom is -0.481 e. The van der Waals surface area contributed by atoms with E-state index in [9.17, 15) is 35.6 Å². The predicted molar refractivity (Wildman–Crippen MR) is 104 cm³/mol. The van der Waals surface area contributed by atoms with Crippen molar-refractivity contribution in [3.8, 4) is 5.75 Å². The molecule has 0 aromatic heterocycles. The quantitative estimate of drug-likeness (QED) is 0.398. The molecule has 32 heavy (non-hydrogen) atoms. The van der Waals surface area contributed by atoms with Crippen LogP contribution in [0.4, 0.5) is 17.6 Å². The Hall–Kier alpha value is -3.19. The molecule has 8 nitrogen and oxygen atoms in total. The summed E-state index contributed by atoms with van der Waals surface area (Å²) in [5.74, 6) is -1.75. The first-order valence-corrected chi connectivity index (χ1v) is 10.5. The van der Waals surface area contributed by atoms with Gasteiger partial charge in [0.2, 0.25) is 15.9 Å². The average Bonchev–Trinajstić information content (AvgIpc) is 2.73. The zero-order valence-electron chi connectivity index (χ0n) is 16.6. The van der Waals surface area contributed by atoms with Crippen molar-refractivity contribution < 1.29 is 40.3 Å². The molecule has 0 aliphatic rings. The highest BCUT2D eigenvalue weighted by atomic mass is 32.2. The number of alkyl halides is 3. The topological polar surface area (TPSA) is 114 Å². The molecule has 0 saturated carbocycles. The van der Waals surface area contributed by atoms with Crippen LogP contribution in [0.2, 0.25) is 0 Å². The largest absolute Gasteiger partial charge is 0.481 e. The van der Waals surface area contributed by atoms with E-state index in [2.05, 4.69) is 10.9 Å². The lowest BCUT2D eigenvalue weighted by Crippen LogP contribution is -2.47. The van der Waals surface area contributed by atoms with Gasteiger partial charge in [0.05, 0.1) is 10.5 Å². The van der Waals surface area contributed by atoms with Crippen molar-refractivity contribution in [2.75, 3.05) is 6.54 Å². The van der Waals surface area contributed by atoms with Gasteiger partial charge in [-0.05, 0) is 49.4 Å². The third kappa shape index (κ3) is 7.50. The molecule has 0 fully saturated rings. The van der Waals surface area contributed by atoms with E-state index in [1.165, 1.54) is 19.1 Å². The van der Waals surface area contributed by atoms with Crippen molar-refractivity contribution in [3.05, 3.63) is 59.9 Å². The van der Waals surface area contributed by atoms with Gasteiger partial charge < -0.3 is 4.74 Å². The monoisotopic (exact) mass is 477 g/mol. The summed E-state index contributed by atoms with van der Waals surface area (Å²) < 4.78 is 82.6. The van der Waals surface area contributed by atoms with E-state index in [0.717, 1.165) is 30.3 Å². The molecule has 0 heterocycles. The number of hydrogen-bond acceptors (Lipinski definition) is 5. The summed E-state index contributed by atoms with van der Waals surface area (Å²) in [6, 6.07) is 8.06. The second-order valence-electron chi connectivity index (χ2n) is 6.42. The van der Waals surface area contributed by atoms with Crippen LogP contribution in [0.15, 0.2) is 53.4 Å². The van der Waals surface area contributed by atoms with E-state index in [4.69, 9.17) is 4.74 Å². The maximum Gasteiger partial charge on any atom is 0.416 e. The Bertz CT molecular complexity index is 1060. The number of amides is 2. The van der Waals surface area contributed by atoms with E-state index in [-0.39, 0.29) is 5.75 Å². The van der Waals surface area contributed by atoms with Gasteiger partial charge in [0.1, 0.15) is 11.6 Å². The Morgan fingerprint density at radius 2 is 1.72 bits per heavy atom. The molecule has 1 atom stereocenters. The van der Waals surface area contributed by atoms with Crippen molar-refractivity contribution in [1.82, 2.24) is 15.6 Å². The molecule has 13 heteroatoms. The molecule has 0 spiro atoms. The fourth-order valence-corrected chi connectivity index (χ4v) is 3.37. The predicted octanol–water partition coefficient (Wildman–Crippen LogP) is 2.13. The Morgan fingerprint density at radius 1 is 1.06 bits per heavy atom. The standard InChI is InChI=1S/C19H19F4N3O5S/c1-12(31-15-7-5-14(20)6-8-15)18(28)26-25-17(27)9-10-24-32(29,30)16-4-2-3-13(11-16)19(21,22)23/h2-8,11-12,24H,9-10H2,1H3,(H,25,27)(H,26,28)/t12-/m0/s1. The molecule has 2 aromatic carbocycles. The van der Waals surface area contributed by atoms with E-state index in [0.29, 0.717) is 6.07 Å². The summed E-state index contributed by atoms with van der Waals surface area (Å²) in [6.07, 6.45) is -6.16. The third-order valence-corrected chi connectivity index (χ3v) is 5.40. The zero-order chi connectivity index (χ0) is 23.9. The number of hydrazine groups is 1. The molecule has 3 N–H and O–H groups in total. The Balaban J connectivity index is 1.79.